The van der Waals surface area contributed by atoms with Crippen LogP contribution in [0.5, 0.6) is 5.75 Å². The van der Waals surface area contributed by atoms with Crippen molar-refractivity contribution < 1.29 is 13.9 Å². The number of hydrogen-bond donors (Lipinski definition) is 2. The molecular weight excluding hydrogens is 448 g/mol. The van der Waals surface area contributed by atoms with Gasteiger partial charge in [-0.05, 0) is 52.9 Å². The van der Waals surface area contributed by atoms with E-state index in [1.165, 1.54) is 5.56 Å². The highest BCUT2D eigenvalue weighted by molar-refractivity contribution is 5.88. The topological polar surface area (TPSA) is 67.3 Å². The van der Waals surface area contributed by atoms with Crippen molar-refractivity contribution in [2.24, 2.45) is 0 Å². The lowest BCUT2D eigenvalue weighted by Gasteiger charge is -2.18. The van der Waals surface area contributed by atoms with Crippen molar-refractivity contribution in [1.29, 1.82) is 0 Å². The number of carbonyl (C=O) groups excluding carboxylic acids is 1. The summed E-state index contributed by atoms with van der Waals surface area (Å²) in [5.74, 6) is 1.41. The Morgan fingerprint density at radius 1 is 0.972 bits per heavy atom. The van der Waals surface area contributed by atoms with Crippen LogP contribution in [-0.2, 0) is 24.4 Å². The second-order valence-corrected chi connectivity index (χ2v) is 8.89. The van der Waals surface area contributed by atoms with E-state index in [9.17, 15) is 4.79 Å². The van der Waals surface area contributed by atoms with E-state index in [0.717, 1.165) is 45.5 Å². The highest BCUT2D eigenvalue weighted by atomic mass is 16.5. The predicted molar refractivity (Wildman–Crippen MR) is 142 cm³/mol. The van der Waals surface area contributed by atoms with Gasteiger partial charge in [-0.3, -0.25) is 4.79 Å². The minimum Gasteiger partial charge on any atom is -0.489 e. The lowest BCUT2D eigenvalue weighted by molar-refractivity contribution is -0.121. The minimum absolute atomic E-state index is 0.0261. The summed E-state index contributed by atoms with van der Waals surface area (Å²) in [7, 11) is 0. The quantitative estimate of drug-likeness (QED) is 0.234. The first kappa shape index (κ1) is 23.5. The first-order valence-corrected chi connectivity index (χ1v) is 12.4. The molecular formula is C31H30N2O3. The Morgan fingerprint density at radius 3 is 2.56 bits per heavy atom. The van der Waals surface area contributed by atoms with Crippen molar-refractivity contribution in [2.45, 2.75) is 38.8 Å². The van der Waals surface area contributed by atoms with E-state index in [4.69, 9.17) is 9.15 Å². The maximum absolute atomic E-state index is 13.0. The molecule has 5 nitrogen and oxygen atoms in total. The number of ether oxygens (including phenoxy) is 1. The molecule has 0 spiro atoms. The van der Waals surface area contributed by atoms with Crippen LogP contribution >= 0.6 is 0 Å². The molecule has 0 aliphatic heterocycles. The molecule has 3 aromatic carbocycles. The minimum atomic E-state index is -0.106. The number of aromatic nitrogens is 1. The van der Waals surface area contributed by atoms with Gasteiger partial charge >= 0.3 is 0 Å². The van der Waals surface area contributed by atoms with Crippen molar-refractivity contribution in [1.82, 2.24) is 10.3 Å². The summed E-state index contributed by atoms with van der Waals surface area (Å²) in [6.45, 7) is 3.04. The van der Waals surface area contributed by atoms with Crippen molar-refractivity contribution in [2.75, 3.05) is 0 Å². The van der Waals surface area contributed by atoms with E-state index in [0.29, 0.717) is 19.6 Å². The van der Waals surface area contributed by atoms with Crippen LogP contribution in [0.3, 0.4) is 0 Å². The number of H-pyrrole nitrogens is 1. The van der Waals surface area contributed by atoms with Gasteiger partial charge in [-0.25, -0.2) is 0 Å². The SMILES string of the molecule is CCc1cccc2c([C@H](CC(=O)NCc3ccco3)c3ccc(OCc4ccccc4)cc3)c[nH]c12. The van der Waals surface area contributed by atoms with E-state index < -0.39 is 0 Å². The van der Waals surface area contributed by atoms with Crippen molar-refractivity contribution in [3.05, 3.63) is 125 Å². The number of hydrogen-bond acceptors (Lipinski definition) is 3. The van der Waals surface area contributed by atoms with Gasteiger partial charge in [0, 0.05) is 29.4 Å². The Bertz CT molecular complexity index is 1400. The zero-order chi connectivity index (χ0) is 24.7. The van der Waals surface area contributed by atoms with Crippen molar-refractivity contribution in [3.63, 3.8) is 0 Å². The lowest BCUT2D eigenvalue weighted by atomic mass is 9.87. The lowest BCUT2D eigenvalue weighted by Crippen LogP contribution is -2.24. The van der Waals surface area contributed by atoms with Crippen LogP contribution in [0.1, 0.15) is 47.3 Å². The van der Waals surface area contributed by atoms with E-state index in [1.54, 1.807) is 6.26 Å². The highest BCUT2D eigenvalue weighted by Crippen LogP contribution is 2.35. The zero-order valence-electron chi connectivity index (χ0n) is 20.4. The van der Waals surface area contributed by atoms with Gasteiger partial charge in [-0.15, -0.1) is 0 Å². The smallest absolute Gasteiger partial charge is 0.221 e. The summed E-state index contributed by atoms with van der Waals surface area (Å²) in [5.41, 5.74) is 5.71. The van der Waals surface area contributed by atoms with Crippen LogP contribution in [0, 0.1) is 0 Å². The molecule has 36 heavy (non-hydrogen) atoms. The maximum Gasteiger partial charge on any atom is 0.221 e. The number of carbonyl (C=O) groups is 1. The number of para-hydroxylation sites is 1. The van der Waals surface area contributed by atoms with Crippen LogP contribution in [0.2, 0.25) is 0 Å². The Kier molecular flexibility index (Phi) is 7.17. The molecule has 0 aliphatic carbocycles. The summed E-state index contributed by atoms with van der Waals surface area (Å²) < 4.78 is 11.3. The highest BCUT2D eigenvalue weighted by Gasteiger charge is 2.22. The van der Waals surface area contributed by atoms with Crippen molar-refractivity contribution >= 4 is 16.8 Å². The van der Waals surface area contributed by atoms with Crippen LogP contribution < -0.4 is 10.1 Å². The third-order valence-corrected chi connectivity index (χ3v) is 6.55. The third kappa shape index (κ3) is 5.36. The van der Waals surface area contributed by atoms with E-state index in [2.05, 4.69) is 47.6 Å². The molecule has 2 N–H and O–H groups in total. The molecule has 2 heterocycles. The molecule has 2 aromatic heterocycles. The molecule has 0 saturated heterocycles. The van der Waals surface area contributed by atoms with E-state index in [1.807, 2.05) is 60.8 Å². The zero-order valence-corrected chi connectivity index (χ0v) is 20.4. The van der Waals surface area contributed by atoms with Gasteiger partial charge in [-0.2, -0.15) is 0 Å². The molecule has 0 bridgehead atoms. The first-order valence-electron chi connectivity index (χ1n) is 12.4. The molecule has 0 unspecified atom stereocenters. The molecule has 1 atom stereocenters. The molecule has 5 rings (SSSR count). The molecule has 0 aliphatic rings. The average molecular weight is 479 g/mol. The number of furan rings is 1. The van der Waals surface area contributed by atoms with Crippen LogP contribution in [0.4, 0.5) is 0 Å². The van der Waals surface area contributed by atoms with Crippen molar-refractivity contribution in [3.8, 4) is 5.75 Å². The van der Waals surface area contributed by atoms with Gasteiger partial charge in [0.25, 0.3) is 0 Å². The third-order valence-electron chi connectivity index (χ3n) is 6.55. The largest absolute Gasteiger partial charge is 0.489 e. The number of benzene rings is 3. The molecule has 0 saturated carbocycles. The summed E-state index contributed by atoms with van der Waals surface area (Å²) in [6.07, 6.45) is 4.93. The number of aryl methyl sites for hydroxylation is 1. The summed E-state index contributed by atoms with van der Waals surface area (Å²) in [4.78, 5) is 16.5. The van der Waals surface area contributed by atoms with Gasteiger partial charge in [0.1, 0.15) is 18.1 Å². The fourth-order valence-electron chi connectivity index (χ4n) is 4.62. The normalized spacial score (nSPS) is 11.9. The Hall–Kier alpha value is -4.25. The number of rotatable bonds is 10. The molecule has 0 fully saturated rings. The standard InChI is InChI=1S/C31H30N2O3/c1-2-23-10-6-12-27-29(20-33-31(23)27)28(18-30(34)32-19-26-11-7-17-35-26)24-13-15-25(16-14-24)36-21-22-8-4-3-5-9-22/h3-17,20,28,33H,2,18-19,21H2,1H3,(H,32,34)/t28-/m1/s1. The fraction of sp³-hybridized carbons (Fsp3) is 0.194. The number of fused-ring (bicyclic) bond motifs is 1. The van der Waals surface area contributed by atoms with Crippen LogP contribution in [0.25, 0.3) is 10.9 Å². The summed E-state index contributed by atoms with van der Waals surface area (Å²) >= 11 is 0. The van der Waals surface area contributed by atoms with Gasteiger partial charge in [0.2, 0.25) is 5.91 Å². The maximum atomic E-state index is 13.0. The van der Waals surface area contributed by atoms with Gasteiger partial charge in [-0.1, -0.05) is 67.6 Å². The monoisotopic (exact) mass is 478 g/mol. The van der Waals surface area contributed by atoms with E-state index in [-0.39, 0.29) is 11.8 Å². The fourth-order valence-corrected chi connectivity index (χ4v) is 4.62. The van der Waals surface area contributed by atoms with Crippen LogP contribution in [0.15, 0.2) is 102 Å². The molecule has 0 radical (unpaired) electrons. The van der Waals surface area contributed by atoms with Crippen LogP contribution in [-0.4, -0.2) is 10.9 Å². The number of amides is 1. The second-order valence-electron chi connectivity index (χ2n) is 8.89. The molecule has 5 heteroatoms. The Labute approximate surface area is 211 Å². The van der Waals surface area contributed by atoms with Gasteiger partial charge < -0.3 is 19.5 Å². The predicted octanol–water partition coefficient (Wildman–Crippen LogP) is 6.74. The Morgan fingerprint density at radius 2 is 1.81 bits per heavy atom. The number of nitrogens with one attached hydrogen (secondary N) is 2. The molecule has 182 valence electrons. The molecule has 5 aromatic rings. The average Bonchev–Trinajstić information content (AvgIpc) is 3.60. The summed E-state index contributed by atoms with van der Waals surface area (Å²) in [6, 6.07) is 28.3. The van der Waals surface area contributed by atoms with Gasteiger partial charge in [0.05, 0.1) is 12.8 Å². The second kappa shape index (κ2) is 11.0. The van der Waals surface area contributed by atoms with Gasteiger partial charge in [0.15, 0.2) is 0 Å². The van der Waals surface area contributed by atoms with E-state index >= 15 is 0 Å². The Balaban J connectivity index is 1.39. The number of aromatic amines is 1. The summed E-state index contributed by atoms with van der Waals surface area (Å²) in [5, 5.41) is 4.16. The molecule has 1 amide bonds. The first-order chi connectivity index (χ1) is 17.7.